The molecule has 0 atom stereocenters. The van der Waals surface area contributed by atoms with Gasteiger partial charge in [0.1, 0.15) is 0 Å². The van der Waals surface area contributed by atoms with Crippen LogP contribution in [0.4, 0.5) is 0 Å². The minimum absolute atomic E-state index is 0. The van der Waals surface area contributed by atoms with Crippen LogP contribution in [-0.2, 0) is 80.1 Å². The van der Waals surface area contributed by atoms with Crippen molar-refractivity contribution in [1.82, 2.24) is 18.3 Å². The quantitative estimate of drug-likeness (QED) is 0.0550. The summed E-state index contributed by atoms with van der Waals surface area (Å²) in [5.41, 5.74) is 30.5. The molecule has 0 unspecified atom stereocenters. The minimum Gasteiger partial charge on any atom is -0.762 e. The Hall–Kier alpha value is -2.93. The molecular formula is C38H40N4NiS6-4. The molecular weight excluding hydrogens is 764 g/mol. The SMILES string of the molecule is C=C=C=C=C=C=C=Cn1c([S-])c([S-])n(C=C=C=C=C=C=C=C)c1=S.CCCCCCCCn1c([S-])c([S-])n(CCCCCCCC)c1=S.[Ni]. The Bertz CT molecular complexity index is 1830. The predicted octanol–water partition coefficient (Wildman–Crippen LogP) is 10.4. The first-order valence-electron chi connectivity index (χ1n) is 15.9. The first kappa shape index (κ1) is 46.1. The summed E-state index contributed by atoms with van der Waals surface area (Å²) in [7, 11) is 0. The topological polar surface area (TPSA) is 19.7 Å². The number of unbranched alkanes of at least 4 members (excludes halogenated alkanes) is 10. The van der Waals surface area contributed by atoms with Crippen molar-refractivity contribution in [1.29, 1.82) is 0 Å². The molecule has 0 aromatic carbocycles. The number of aromatic nitrogens is 4. The standard InChI is InChI=1S/C19H36N2S3.C19H8N2S3.Ni/c2*1-3-5-7-9-11-13-15-20-17(22)18(23)21(19(20)24)16-14-12-10-8-6-4-2;/h22-23H,3-16H2,1-2H3;15-16,22-23H,1-2H2;/p-4. The van der Waals surface area contributed by atoms with Gasteiger partial charge in [-0.3, -0.25) is 0 Å². The van der Waals surface area contributed by atoms with Crippen molar-refractivity contribution in [2.45, 2.75) is 124 Å². The second-order valence-corrected chi connectivity index (χ2v) is 12.5. The molecule has 2 aromatic rings. The first-order valence-corrected chi connectivity index (χ1v) is 18.3. The van der Waals surface area contributed by atoms with Crippen LogP contribution < -0.4 is 0 Å². The van der Waals surface area contributed by atoms with Gasteiger partial charge in [-0.25, -0.2) is 0 Å². The van der Waals surface area contributed by atoms with Gasteiger partial charge in [-0.2, -0.15) is 0 Å². The van der Waals surface area contributed by atoms with Crippen molar-refractivity contribution in [3.8, 4) is 0 Å². The van der Waals surface area contributed by atoms with Crippen molar-refractivity contribution >= 4 is 87.4 Å². The third-order valence-electron chi connectivity index (χ3n) is 6.72. The maximum absolute atomic E-state index is 5.63. The van der Waals surface area contributed by atoms with Crippen molar-refractivity contribution in [3.05, 3.63) is 91.5 Å². The first-order chi connectivity index (χ1) is 23.3. The summed E-state index contributed by atoms with van der Waals surface area (Å²) in [6.07, 6.45) is 18.4. The second kappa shape index (κ2) is 28.9. The molecule has 0 saturated carbocycles. The van der Waals surface area contributed by atoms with Crippen LogP contribution in [0.5, 0.6) is 0 Å². The molecule has 0 aliphatic heterocycles. The van der Waals surface area contributed by atoms with Gasteiger partial charge in [-0.1, -0.05) is 89.5 Å². The van der Waals surface area contributed by atoms with Gasteiger partial charge in [0, 0.05) is 29.6 Å². The van der Waals surface area contributed by atoms with E-state index in [1.54, 1.807) is 0 Å². The number of imidazole rings is 2. The van der Waals surface area contributed by atoms with Gasteiger partial charge in [0.25, 0.3) is 0 Å². The summed E-state index contributed by atoms with van der Waals surface area (Å²) in [5, 5.41) is 2.27. The van der Waals surface area contributed by atoms with E-state index in [1.807, 2.05) is 0 Å². The fourth-order valence-corrected chi connectivity index (χ4v) is 6.18. The van der Waals surface area contributed by atoms with Gasteiger partial charge in [0.15, 0.2) is 9.54 Å². The van der Waals surface area contributed by atoms with Crippen LogP contribution in [0.25, 0.3) is 12.4 Å². The molecule has 11 heteroatoms. The Balaban J connectivity index is 0.000000922. The third kappa shape index (κ3) is 17.5. The molecule has 4 nitrogen and oxygen atoms in total. The number of nitrogens with zero attached hydrogens (tertiary/aromatic N) is 4. The molecule has 49 heavy (non-hydrogen) atoms. The molecule has 0 aliphatic carbocycles. The van der Waals surface area contributed by atoms with Gasteiger partial charge >= 0.3 is 0 Å². The van der Waals surface area contributed by atoms with Gasteiger partial charge < -0.3 is 68.8 Å². The normalized spacial score (nSPS) is 8.86. The summed E-state index contributed by atoms with van der Waals surface area (Å²) in [6.45, 7) is 13.0. The van der Waals surface area contributed by atoms with Crippen LogP contribution in [0.1, 0.15) is 90.9 Å². The summed E-state index contributed by atoms with van der Waals surface area (Å²) in [5.74, 6) is 0. The van der Waals surface area contributed by atoms with Crippen LogP contribution in [0.3, 0.4) is 0 Å². The van der Waals surface area contributed by atoms with Crippen molar-refractivity contribution in [2.75, 3.05) is 0 Å². The molecule has 2 heterocycles. The van der Waals surface area contributed by atoms with Crippen LogP contribution in [0.2, 0.25) is 0 Å². The zero-order valence-electron chi connectivity index (χ0n) is 28.0. The number of hydrogen-bond acceptors (Lipinski definition) is 6. The molecule has 0 aliphatic rings. The van der Waals surface area contributed by atoms with E-state index in [4.69, 9.17) is 75.0 Å². The molecule has 0 spiro atoms. The molecule has 0 bridgehead atoms. The smallest absolute Gasteiger partial charge is 0.186 e. The predicted molar refractivity (Wildman–Crippen MR) is 211 cm³/mol. The molecule has 0 amide bonds. The van der Waals surface area contributed by atoms with E-state index in [0.29, 0.717) is 14.8 Å². The average Bonchev–Trinajstić information content (AvgIpc) is 3.41. The maximum atomic E-state index is 5.63. The van der Waals surface area contributed by atoms with Gasteiger partial charge in [-0.15, -0.1) is 20.1 Å². The van der Waals surface area contributed by atoms with Crippen molar-refractivity contribution < 1.29 is 16.5 Å². The molecule has 0 N–H and O–H groups in total. The molecule has 0 radical (unpaired) electrons. The zero-order valence-corrected chi connectivity index (χ0v) is 33.9. The van der Waals surface area contributed by atoms with E-state index in [9.17, 15) is 0 Å². The molecule has 0 fully saturated rings. The Morgan fingerprint density at radius 1 is 0.510 bits per heavy atom. The van der Waals surface area contributed by atoms with E-state index >= 15 is 0 Å². The minimum atomic E-state index is 0. The Morgan fingerprint density at radius 2 is 0.857 bits per heavy atom. The molecule has 0 saturated heterocycles. The van der Waals surface area contributed by atoms with Crippen LogP contribution in [-0.4, -0.2) is 18.3 Å². The number of rotatable bonds is 16. The maximum Gasteiger partial charge on any atom is 0.186 e. The van der Waals surface area contributed by atoms with Crippen molar-refractivity contribution in [2.24, 2.45) is 0 Å². The van der Waals surface area contributed by atoms with Crippen LogP contribution >= 0.6 is 24.4 Å². The Labute approximate surface area is 335 Å². The van der Waals surface area contributed by atoms with E-state index in [0.717, 1.165) is 40.8 Å². The van der Waals surface area contributed by atoms with Crippen LogP contribution in [0, 0.1) is 9.54 Å². The molecule has 262 valence electrons. The average molecular weight is 804 g/mol. The van der Waals surface area contributed by atoms with E-state index in [2.05, 4.69) is 105 Å². The third-order valence-corrected chi connectivity index (χ3v) is 9.42. The summed E-state index contributed by atoms with van der Waals surface area (Å²) < 4.78 is 8.38. The van der Waals surface area contributed by atoms with Gasteiger partial charge in [0.05, 0.1) is 12.4 Å². The van der Waals surface area contributed by atoms with Gasteiger partial charge in [0.2, 0.25) is 0 Å². The van der Waals surface area contributed by atoms with Crippen LogP contribution in [0.15, 0.2) is 102 Å². The largest absolute Gasteiger partial charge is 0.762 e. The fraction of sp³-hybridized carbons (Fsp3) is 0.421. The van der Waals surface area contributed by atoms with Crippen molar-refractivity contribution in [3.63, 3.8) is 0 Å². The second-order valence-electron chi connectivity index (χ2n) is 10.3. The monoisotopic (exact) mass is 802 g/mol. The molecule has 2 aromatic heterocycles. The van der Waals surface area contributed by atoms with E-state index in [-0.39, 0.29) is 16.5 Å². The Kier molecular flexibility index (Phi) is 27.1. The Morgan fingerprint density at radius 3 is 1.22 bits per heavy atom. The van der Waals surface area contributed by atoms with E-state index < -0.39 is 0 Å². The van der Waals surface area contributed by atoms with Gasteiger partial charge in [-0.05, 0) is 108 Å². The van der Waals surface area contributed by atoms with E-state index in [1.165, 1.54) is 85.7 Å². The fourth-order valence-electron chi connectivity index (χ4n) is 4.25. The zero-order chi connectivity index (χ0) is 35.6. The summed E-state index contributed by atoms with van der Waals surface area (Å²) >= 11 is 32.5. The number of hydrogen-bond donors (Lipinski definition) is 0. The molecule has 2 rings (SSSR count). The summed E-state index contributed by atoms with van der Waals surface area (Å²) in [6, 6.07) is 0. The summed E-state index contributed by atoms with van der Waals surface area (Å²) in [4.78, 5) is 0.